The number of hydrogen-bond donors (Lipinski definition) is 1. The lowest BCUT2D eigenvalue weighted by Gasteiger charge is -2.16. The molecule has 22 heavy (non-hydrogen) atoms. The van der Waals surface area contributed by atoms with Gasteiger partial charge >= 0.3 is 0 Å². The van der Waals surface area contributed by atoms with Crippen molar-refractivity contribution in [3.63, 3.8) is 0 Å². The van der Waals surface area contributed by atoms with Crippen molar-refractivity contribution in [1.29, 1.82) is 5.41 Å². The topological polar surface area (TPSA) is 23.9 Å². The minimum Gasteiger partial charge on any atom is -0.300 e. The molecule has 1 aliphatic carbocycles. The number of hydrogen-bond acceptors (Lipinski definition) is 1. The fourth-order valence-corrected chi connectivity index (χ4v) is 3.00. The van der Waals surface area contributed by atoms with Gasteiger partial charge in [0.05, 0.1) is 5.71 Å². The van der Waals surface area contributed by atoms with Crippen LogP contribution in [0.4, 0.5) is 0 Å². The Morgan fingerprint density at radius 3 is 2.41 bits per heavy atom. The van der Waals surface area contributed by atoms with Crippen molar-refractivity contribution in [3.05, 3.63) is 88.0 Å². The summed E-state index contributed by atoms with van der Waals surface area (Å²) in [6, 6.07) is 12.5. The Balaban J connectivity index is 2.09. The first-order valence-electron chi connectivity index (χ1n) is 7.71. The summed E-state index contributed by atoms with van der Waals surface area (Å²) in [4.78, 5) is 0. The SMILES string of the molecule is Cc1ccc(C(=N)c2ccccc2C2=CC=CC2)c(C)c1C. The zero-order valence-electron chi connectivity index (χ0n) is 13.4. The van der Waals surface area contributed by atoms with Crippen LogP contribution in [0.5, 0.6) is 0 Å². The van der Waals surface area contributed by atoms with E-state index in [0.29, 0.717) is 5.71 Å². The summed E-state index contributed by atoms with van der Waals surface area (Å²) in [5, 5.41) is 8.74. The molecule has 1 nitrogen and oxygen atoms in total. The van der Waals surface area contributed by atoms with E-state index in [9.17, 15) is 0 Å². The van der Waals surface area contributed by atoms with Gasteiger partial charge in [0.25, 0.3) is 0 Å². The predicted octanol–water partition coefficient (Wildman–Crippen LogP) is 5.37. The number of aryl methyl sites for hydroxylation is 1. The molecule has 0 heterocycles. The number of nitrogens with one attached hydrogen (secondary N) is 1. The van der Waals surface area contributed by atoms with Crippen LogP contribution in [0, 0.1) is 26.2 Å². The number of rotatable bonds is 3. The predicted molar refractivity (Wildman–Crippen MR) is 94.8 cm³/mol. The van der Waals surface area contributed by atoms with Crippen LogP contribution in [0.1, 0.15) is 39.8 Å². The van der Waals surface area contributed by atoms with E-state index in [0.717, 1.165) is 17.5 Å². The Bertz CT molecular complexity index is 807. The smallest absolute Gasteiger partial charge is 0.0693 e. The largest absolute Gasteiger partial charge is 0.300 e. The molecule has 0 saturated heterocycles. The molecule has 0 saturated carbocycles. The summed E-state index contributed by atoms with van der Waals surface area (Å²) < 4.78 is 0. The minimum absolute atomic E-state index is 0.615. The van der Waals surface area contributed by atoms with E-state index in [1.165, 1.54) is 27.8 Å². The van der Waals surface area contributed by atoms with Gasteiger partial charge in [-0.2, -0.15) is 0 Å². The number of benzene rings is 2. The first kappa shape index (κ1) is 14.5. The van der Waals surface area contributed by atoms with Crippen molar-refractivity contribution >= 4 is 11.3 Å². The fraction of sp³-hybridized carbons (Fsp3) is 0.190. The van der Waals surface area contributed by atoms with Crippen LogP contribution in [-0.2, 0) is 0 Å². The molecule has 0 bridgehead atoms. The van der Waals surface area contributed by atoms with Crippen molar-refractivity contribution in [2.24, 2.45) is 0 Å². The van der Waals surface area contributed by atoms with E-state index < -0.39 is 0 Å². The molecule has 0 atom stereocenters. The molecule has 1 heteroatoms. The molecule has 110 valence electrons. The van der Waals surface area contributed by atoms with Gasteiger partial charge in [-0.15, -0.1) is 0 Å². The van der Waals surface area contributed by atoms with Crippen LogP contribution >= 0.6 is 0 Å². The Hall–Kier alpha value is -2.41. The molecule has 0 spiro atoms. The highest BCUT2D eigenvalue weighted by Crippen LogP contribution is 2.29. The van der Waals surface area contributed by atoms with Gasteiger partial charge in [-0.05, 0) is 55.0 Å². The number of allylic oxidation sites excluding steroid dienone is 4. The lowest BCUT2D eigenvalue weighted by atomic mass is 9.89. The summed E-state index contributed by atoms with van der Waals surface area (Å²) in [7, 11) is 0. The highest BCUT2D eigenvalue weighted by molar-refractivity contribution is 6.14. The molecule has 1 N–H and O–H groups in total. The quantitative estimate of drug-likeness (QED) is 0.734. The van der Waals surface area contributed by atoms with Crippen LogP contribution in [0.2, 0.25) is 0 Å². The first-order chi connectivity index (χ1) is 10.6. The second-order valence-electron chi connectivity index (χ2n) is 5.92. The Morgan fingerprint density at radius 2 is 1.68 bits per heavy atom. The standard InChI is InChI=1S/C21H21N/c1-14-12-13-18(16(3)15(14)2)21(22)20-11-7-6-10-19(20)17-8-4-5-9-17/h4-8,10-13,22H,9H2,1-3H3. The highest BCUT2D eigenvalue weighted by atomic mass is 14.4. The lowest BCUT2D eigenvalue weighted by molar-refractivity contribution is 1.25. The molecule has 0 amide bonds. The van der Waals surface area contributed by atoms with Crippen molar-refractivity contribution in [2.45, 2.75) is 27.2 Å². The third kappa shape index (κ3) is 2.43. The van der Waals surface area contributed by atoms with Crippen molar-refractivity contribution in [3.8, 4) is 0 Å². The Labute approximate surface area is 132 Å². The van der Waals surface area contributed by atoms with Crippen molar-refractivity contribution in [1.82, 2.24) is 0 Å². The van der Waals surface area contributed by atoms with Crippen LogP contribution in [0.25, 0.3) is 5.57 Å². The third-order valence-corrected chi connectivity index (χ3v) is 4.64. The van der Waals surface area contributed by atoms with Crippen LogP contribution in [-0.4, -0.2) is 5.71 Å². The second kappa shape index (κ2) is 5.76. The average Bonchev–Trinajstić information content (AvgIpc) is 3.06. The van der Waals surface area contributed by atoms with Crippen LogP contribution < -0.4 is 0 Å². The minimum atomic E-state index is 0.615. The maximum Gasteiger partial charge on any atom is 0.0693 e. The Morgan fingerprint density at radius 1 is 0.909 bits per heavy atom. The molecule has 1 aliphatic rings. The Kier molecular flexibility index (Phi) is 3.81. The molecule has 0 aromatic heterocycles. The monoisotopic (exact) mass is 287 g/mol. The third-order valence-electron chi connectivity index (χ3n) is 4.64. The second-order valence-corrected chi connectivity index (χ2v) is 5.92. The van der Waals surface area contributed by atoms with Crippen LogP contribution in [0.15, 0.2) is 54.6 Å². The van der Waals surface area contributed by atoms with E-state index >= 15 is 0 Å². The van der Waals surface area contributed by atoms with E-state index in [2.05, 4.69) is 69.3 Å². The normalized spacial score (nSPS) is 13.3. The van der Waals surface area contributed by atoms with Gasteiger partial charge < -0.3 is 0 Å². The summed E-state index contributed by atoms with van der Waals surface area (Å²) in [6.07, 6.45) is 7.36. The molecule has 0 aliphatic heterocycles. The molecule has 2 aromatic rings. The zero-order chi connectivity index (χ0) is 15.7. The van der Waals surface area contributed by atoms with E-state index in [4.69, 9.17) is 5.41 Å². The van der Waals surface area contributed by atoms with E-state index in [1.54, 1.807) is 0 Å². The van der Waals surface area contributed by atoms with Gasteiger partial charge in [0, 0.05) is 11.1 Å². The molecule has 0 unspecified atom stereocenters. The molecule has 0 radical (unpaired) electrons. The van der Waals surface area contributed by atoms with Gasteiger partial charge in [-0.3, -0.25) is 5.41 Å². The first-order valence-corrected chi connectivity index (χ1v) is 7.71. The van der Waals surface area contributed by atoms with Crippen molar-refractivity contribution in [2.75, 3.05) is 0 Å². The molecular weight excluding hydrogens is 266 g/mol. The molecule has 0 fully saturated rings. The van der Waals surface area contributed by atoms with Gasteiger partial charge in [0.1, 0.15) is 0 Å². The summed E-state index contributed by atoms with van der Waals surface area (Å²) in [5.41, 5.74) is 8.90. The van der Waals surface area contributed by atoms with Crippen LogP contribution in [0.3, 0.4) is 0 Å². The van der Waals surface area contributed by atoms with Gasteiger partial charge in [-0.1, -0.05) is 54.6 Å². The lowest BCUT2D eigenvalue weighted by Crippen LogP contribution is -2.08. The summed E-state index contributed by atoms with van der Waals surface area (Å²) >= 11 is 0. The molecular formula is C21H21N. The fourth-order valence-electron chi connectivity index (χ4n) is 3.00. The van der Waals surface area contributed by atoms with E-state index in [1.807, 2.05) is 6.07 Å². The summed E-state index contributed by atoms with van der Waals surface area (Å²) in [6.45, 7) is 6.38. The molecule has 3 rings (SSSR count). The van der Waals surface area contributed by atoms with Crippen molar-refractivity contribution < 1.29 is 0 Å². The van der Waals surface area contributed by atoms with Gasteiger partial charge in [0.15, 0.2) is 0 Å². The summed E-state index contributed by atoms with van der Waals surface area (Å²) in [5.74, 6) is 0. The average molecular weight is 287 g/mol. The highest BCUT2D eigenvalue weighted by Gasteiger charge is 2.15. The van der Waals surface area contributed by atoms with Gasteiger partial charge in [-0.25, -0.2) is 0 Å². The van der Waals surface area contributed by atoms with Gasteiger partial charge in [0.2, 0.25) is 0 Å². The molecule has 2 aromatic carbocycles. The maximum atomic E-state index is 8.74. The maximum absolute atomic E-state index is 8.74. The zero-order valence-corrected chi connectivity index (χ0v) is 13.4. The van der Waals surface area contributed by atoms with E-state index in [-0.39, 0.29) is 0 Å².